The molecular formula is C16H16ClN3. The molecule has 0 bridgehead atoms. The number of nitrogen functional groups attached to an aromatic ring is 1. The first-order valence-electron chi connectivity index (χ1n) is 6.31. The largest absolute Gasteiger partial charge is 0.398 e. The number of nitrogens with two attached hydrogens (primary N) is 1. The number of nitriles is 1. The average molecular weight is 286 g/mol. The van der Waals surface area contributed by atoms with E-state index >= 15 is 0 Å². The molecule has 2 aromatic rings. The van der Waals surface area contributed by atoms with E-state index in [9.17, 15) is 0 Å². The van der Waals surface area contributed by atoms with E-state index < -0.39 is 0 Å². The second-order valence-corrected chi connectivity index (χ2v) is 5.16. The third kappa shape index (κ3) is 2.87. The number of nitrogens with zero attached hydrogens (tertiary/aromatic N) is 2. The number of rotatable bonds is 3. The Morgan fingerprint density at radius 1 is 1.25 bits per heavy atom. The summed E-state index contributed by atoms with van der Waals surface area (Å²) < 4.78 is 0. The van der Waals surface area contributed by atoms with Crippen LogP contribution in [0.1, 0.15) is 24.1 Å². The monoisotopic (exact) mass is 285 g/mol. The predicted octanol–water partition coefficient (Wildman–Crippen LogP) is 3.99. The fourth-order valence-electron chi connectivity index (χ4n) is 2.08. The van der Waals surface area contributed by atoms with E-state index in [0.29, 0.717) is 11.3 Å². The minimum Gasteiger partial charge on any atom is -0.398 e. The standard InChI is InChI=1S/C16H16ClN3/c1-11(12-4-3-5-14(17)8-12)20(2)15-7-6-13(10-18)16(19)9-15/h3-9,11H,19H2,1-2H3. The first-order chi connectivity index (χ1) is 9.52. The molecule has 0 aliphatic carbocycles. The Hall–Kier alpha value is -2.18. The van der Waals surface area contributed by atoms with Crippen molar-refractivity contribution in [3.8, 4) is 6.07 Å². The summed E-state index contributed by atoms with van der Waals surface area (Å²) in [4.78, 5) is 2.10. The fourth-order valence-corrected chi connectivity index (χ4v) is 2.28. The third-order valence-electron chi connectivity index (χ3n) is 3.47. The molecule has 102 valence electrons. The fraction of sp³-hybridized carbons (Fsp3) is 0.188. The molecule has 2 aromatic carbocycles. The van der Waals surface area contributed by atoms with Gasteiger partial charge in [0.2, 0.25) is 0 Å². The predicted molar refractivity (Wildman–Crippen MR) is 83.8 cm³/mol. The first-order valence-corrected chi connectivity index (χ1v) is 6.68. The molecule has 4 heteroatoms. The Kier molecular flexibility index (Phi) is 4.16. The first kappa shape index (κ1) is 14.2. The van der Waals surface area contributed by atoms with Crippen LogP contribution in [0.2, 0.25) is 5.02 Å². The summed E-state index contributed by atoms with van der Waals surface area (Å²) in [7, 11) is 1.99. The smallest absolute Gasteiger partial charge is 0.101 e. The van der Waals surface area contributed by atoms with Crippen LogP contribution in [0.4, 0.5) is 11.4 Å². The van der Waals surface area contributed by atoms with Crippen molar-refractivity contribution in [2.24, 2.45) is 0 Å². The number of hydrogen-bond donors (Lipinski definition) is 1. The topological polar surface area (TPSA) is 53.0 Å². The van der Waals surface area contributed by atoms with Crippen LogP contribution in [-0.4, -0.2) is 7.05 Å². The highest BCUT2D eigenvalue weighted by atomic mass is 35.5. The molecule has 1 unspecified atom stereocenters. The minimum atomic E-state index is 0.154. The van der Waals surface area contributed by atoms with Gasteiger partial charge in [0, 0.05) is 17.8 Å². The van der Waals surface area contributed by atoms with Gasteiger partial charge >= 0.3 is 0 Å². The second-order valence-electron chi connectivity index (χ2n) is 4.73. The SMILES string of the molecule is CC(c1cccc(Cl)c1)N(C)c1ccc(C#N)c(N)c1. The van der Waals surface area contributed by atoms with Crippen LogP contribution in [-0.2, 0) is 0 Å². The molecular weight excluding hydrogens is 270 g/mol. The molecule has 0 saturated heterocycles. The summed E-state index contributed by atoms with van der Waals surface area (Å²) in [6.07, 6.45) is 0. The van der Waals surface area contributed by atoms with Crippen molar-refractivity contribution in [3.05, 3.63) is 58.6 Å². The Labute approximate surface area is 124 Å². The molecule has 0 heterocycles. The molecule has 1 atom stereocenters. The van der Waals surface area contributed by atoms with E-state index in [0.717, 1.165) is 16.3 Å². The lowest BCUT2D eigenvalue weighted by Gasteiger charge is -2.28. The number of hydrogen-bond acceptors (Lipinski definition) is 3. The van der Waals surface area contributed by atoms with Crippen molar-refractivity contribution in [1.82, 2.24) is 0 Å². The Bertz CT molecular complexity index is 661. The highest BCUT2D eigenvalue weighted by molar-refractivity contribution is 6.30. The van der Waals surface area contributed by atoms with Crippen LogP contribution in [0, 0.1) is 11.3 Å². The summed E-state index contributed by atoms with van der Waals surface area (Å²) in [6, 6.07) is 15.5. The Morgan fingerprint density at radius 2 is 2.00 bits per heavy atom. The molecule has 2 N–H and O–H groups in total. The zero-order valence-electron chi connectivity index (χ0n) is 11.5. The van der Waals surface area contributed by atoms with Crippen LogP contribution in [0.5, 0.6) is 0 Å². The Morgan fingerprint density at radius 3 is 2.60 bits per heavy atom. The normalized spacial score (nSPS) is 11.7. The molecule has 0 spiro atoms. The van der Waals surface area contributed by atoms with Gasteiger partial charge in [-0.15, -0.1) is 0 Å². The van der Waals surface area contributed by atoms with E-state index in [1.54, 1.807) is 6.07 Å². The highest BCUT2D eigenvalue weighted by Crippen LogP contribution is 2.28. The molecule has 0 saturated carbocycles. The molecule has 3 nitrogen and oxygen atoms in total. The van der Waals surface area contributed by atoms with Crippen LogP contribution in [0.3, 0.4) is 0 Å². The van der Waals surface area contributed by atoms with Crippen molar-refractivity contribution in [2.45, 2.75) is 13.0 Å². The van der Waals surface area contributed by atoms with Gasteiger partial charge in [0.15, 0.2) is 0 Å². The van der Waals surface area contributed by atoms with E-state index in [1.165, 1.54) is 0 Å². The van der Waals surface area contributed by atoms with Gasteiger partial charge in [0.25, 0.3) is 0 Å². The van der Waals surface area contributed by atoms with Gasteiger partial charge in [0.1, 0.15) is 6.07 Å². The lowest BCUT2D eigenvalue weighted by atomic mass is 10.1. The molecule has 0 aliphatic rings. The lowest BCUT2D eigenvalue weighted by Crippen LogP contribution is -2.21. The van der Waals surface area contributed by atoms with E-state index in [2.05, 4.69) is 17.9 Å². The summed E-state index contributed by atoms with van der Waals surface area (Å²) in [5.41, 5.74) is 8.95. The number of halogens is 1. The summed E-state index contributed by atoms with van der Waals surface area (Å²) in [5, 5.41) is 9.63. The quantitative estimate of drug-likeness (QED) is 0.868. The molecule has 0 radical (unpaired) electrons. The van der Waals surface area contributed by atoms with Gasteiger partial charge in [-0.05, 0) is 42.8 Å². The lowest BCUT2D eigenvalue weighted by molar-refractivity contribution is 0.740. The Balaban J connectivity index is 2.29. The van der Waals surface area contributed by atoms with E-state index in [-0.39, 0.29) is 6.04 Å². The second kappa shape index (κ2) is 5.85. The van der Waals surface area contributed by atoms with Crippen molar-refractivity contribution < 1.29 is 0 Å². The van der Waals surface area contributed by atoms with Gasteiger partial charge in [-0.3, -0.25) is 0 Å². The summed E-state index contributed by atoms with van der Waals surface area (Å²) in [5.74, 6) is 0. The maximum Gasteiger partial charge on any atom is 0.101 e. The minimum absolute atomic E-state index is 0.154. The molecule has 2 rings (SSSR count). The molecule has 0 amide bonds. The molecule has 0 fully saturated rings. The van der Waals surface area contributed by atoms with E-state index in [1.807, 2.05) is 43.4 Å². The number of anilines is 2. The van der Waals surface area contributed by atoms with Gasteiger partial charge in [-0.1, -0.05) is 23.7 Å². The third-order valence-corrected chi connectivity index (χ3v) is 3.71. The molecule has 0 aromatic heterocycles. The van der Waals surface area contributed by atoms with Gasteiger partial charge in [-0.25, -0.2) is 0 Å². The van der Waals surface area contributed by atoms with Crippen LogP contribution >= 0.6 is 11.6 Å². The van der Waals surface area contributed by atoms with Crippen LogP contribution in [0.15, 0.2) is 42.5 Å². The maximum atomic E-state index is 8.91. The summed E-state index contributed by atoms with van der Waals surface area (Å²) >= 11 is 6.03. The van der Waals surface area contributed by atoms with Crippen LogP contribution < -0.4 is 10.6 Å². The highest BCUT2D eigenvalue weighted by Gasteiger charge is 2.13. The van der Waals surface area contributed by atoms with Gasteiger partial charge in [0.05, 0.1) is 17.3 Å². The summed E-state index contributed by atoms with van der Waals surface area (Å²) in [6.45, 7) is 2.10. The van der Waals surface area contributed by atoms with Crippen LogP contribution in [0.25, 0.3) is 0 Å². The zero-order chi connectivity index (χ0) is 14.7. The van der Waals surface area contributed by atoms with Gasteiger partial charge < -0.3 is 10.6 Å². The van der Waals surface area contributed by atoms with E-state index in [4.69, 9.17) is 22.6 Å². The molecule has 20 heavy (non-hydrogen) atoms. The van der Waals surface area contributed by atoms with Crippen molar-refractivity contribution in [2.75, 3.05) is 17.7 Å². The van der Waals surface area contributed by atoms with Crippen molar-refractivity contribution >= 4 is 23.0 Å². The van der Waals surface area contributed by atoms with Crippen molar-refractivity contribution in [3.63, 3.8) is 0 Å². The van der Waals surface area contributed by atoms with Gasteiger partial charge in [-0.2, -0.15) is 5.26 Å². The molecule has 0 aliphatic heterocycles. The number of benzene rings is 2. The maximum absolute atomic E-state index is 8.91. The zero-order valence-corrected chi connectivity index (χ0v) is 12.2. The average Bonchev–Trinajstić information content (AvgIpc) is 2.45. The van der Waals surface area contributed by atoms with Crippen molar-refractivity contribution in [1.29, 1.82) is 5.26 Å².